The van der Waals surface area contributed by atoms with Crippen LogP contribution in [-0.2, 0) is 6.42 Å². The second-order valence-corrected chi connectivity index (χ2v) is 7.62. The van der Waals surface area contributed by atoms with Crippen LogP contribution in [0.4, 0.5) is 8.78 Å². The molecular weight excluding hydrogens is 386 g/mol. The Morgan fingerprint density at radius 2 is 1.83 bits per heavy atom. The topological polar surface area (TPSA) is 71.0 Å². The number of hydrogen-bond acceptors (Lipinski definition) is 4. The van der Waals surface area contributed by atoms with Crippen LogP contribution in [0.3, 0.4) is 0 Å². The van der Waals surface area contributed by atoms with Crippen molar-refractivity contribution in [2.75, 3.05) is 0 Å². The normalized spacial score (nSPS) is 17.8. The summed E-state index contributed by atoms with van der Waals surface area (Å²) in [5.41, 5.74) is 2.50. The van der Waals surface area contributed by atoms with E-state index >= 15 is 0 Å². The summed E-state index contributed by atoms with van der Waals surface area (Å²) in [4.78, 5) is 17.4. The van der Waals surface area contributed by atoms with Crippen LogP contribution >= 0.6 is 0 Å². The first kappa shape index (κ1) is 18.4. The van der Waals surface area contributed by atoms with Crippen LogP contribution in [0, 0.1) is 28.9 Å². The average molecular weight is 402 g/mol. The van der Waals surface area contributed by atoms with E-state index in [1.54, 1.807) is 24.3 Å². The number of fused-ring (bicyclic) bond motifs is 1. The van der Waals surface area contributed by atoms with E-state index in [-0.39, 0.29) is 17.4 Å². The maximum absolute atomic E-state index is 14.6. The van der Waals surface area contributed by atoms with Gasteiger partial charge >= 0.3 is 0 Å². The fourth-order valence-corrected chi connectivity index (χ4v) is 3.90. The van der Waals surface area contributed by atoms with Crippen LogP contribution in [0.25, 0.3) is 11.3 Å². The van der Waals surface area contributed by atoms with Crippen LogP contribution in [0.5, 0.6) is 0 Å². The standard InChI is InChI=1S/C23H16F2N4O/c24-16-7-8-17(19(25)9-16)18-10-21-27-20(14-3-1-13(12-26)2-4-14)11-22(30)29(21)28-23(18)15-5-6-15/h1-4,7-9,11,15,18H,5-6,10H2. The highest BCUT2D eigenvalue weighted by Gasteiger charge is 2.38. The van der Waals surface area contributed by atoms with E-state index in [0.717, 1.165) is 24.6 Å². The maximum Gasteiger partial charge on any atom is 0.274 e. The lowest BCUT2D eigenvalue weighted by atomic mass is 9.87. The van der Waals surface area contributed by atoms with E-state index in [1.807, 2.05) is 0 Å². The van der Waals surface area contributed by atoms with Crippen molar-refractivity contribution in [1.82, 2.24) is 9.66 Å². The molecule has 2 aliphatic rings. The van der Waals surface area contributed by atoms with Crippen molar-refractivity contribution in [1.29, 1.82) is 5.26 Å². The third-order valence-electron chi connectivity index (χ3n) is 5.57. The number of nitrogens with zero attached hydrogens (tertiary/aromatic N) is 4. The Bertz CT molecular complexity index is 1280. The van der Waals surface area contributed by atoms with E-state index in [1.165, 1.54) is 22.9 Å². The minimum absolute atomic E-state index is 0.206. The van der Waals surface area contributed by atoms with Crippen molar-refractivity contribution in [2.24, 2.45) is 11.0 Å². The Morgan fingerprint density at radius 1 is 1.07 bits per heavy atom. The maximum atomic E-state index is 14.6. The van der Waals surface area contributed by atoms with Crippen molar-refractivity contribution in [3.63, 3.8) is 0 Å². The van der Waals surface area contributed by atoms with Crippen LogP contribution < -0.4 is 5.56 Å². The average Bonchev–Trinajstić information content (AvgIpc) is 3.58. The number of nitriles is 1. The number of hydrogen-bond donors (Lipinski definition) is 0. The molecule has 1 fully saturated rings. The van der Waals surface area contributed by atoms with Crippen molar-refractivity contribution in [2.45, 2.75) is 25.2 Å². The fraction of sp³-hybridized carbons (Fsp3) is 0.217. The molecule has 5 rings (SSSR count). The third-order valence-corrected chi connectivity index (χ3v) is 5.57. The number of rotatable bonds is 3. The first-order chi connectivity index (χ1) is 14.5. The predicted octanol–water partition coefficient (Wildman–Crippen LogP) is 4.01. The molecule has 0 radical (unpaired) electrons. The molecule has 0 bridgehead atoms. The summed E-state index contributed by atoms with van der Waals surface area (Å²) in [5, 5.41) is 13.5. The molecule has 0 spiro atoms. The molecule has 0 N–H and O–H groups in total. The summed E-state index contributed by atoms with van der Waals surface area (Å²) < 4.78 is 29.3. The zero-order valence-electron chi connectivity index (χ0n) is 15.8. The smallest absolute Gasteiger partial charge is 0.267 e. The van der Waals surface area contributed by atoms with E-state index in [2.05, 4.69) is 16.2 Å². The Labute approximate surface area is 170 Å². The lowest BCUT2D eigenvalue weighted by Gasteiger charge is -2.26. The number of halogens is 2. The van der Waals surface area contributed by atoms with E-state index in [9.17, 15) is 13.6 Å². The Hall–Kier alpha value is -3.66. The molecule has 2 heterocycles. The monoisotopic (exact) mass is 402 g/mol. The molecule has 1 aromatic heterocycles. The van der Waals surface area contributed by atoms with Gasteiger partial charge in [-0.2, -0.15) is 15.0 Å². The van der Waals surface area contributed by atoms with Gasteiger partial charge in [-0.1, -0.05) is 18.2 Å². The van der Waals surface area contributed by atoms with Gasteiger partial charge < -0.3 is 0 Å². The summed E-state index contributed by atoms with van der Waals surface area (Å²) in [7, 11) is 0. The SMILES string of the molecule is N#Cc1ccc(-c2cc(=O)n3c(n2)CC(c2ccc(F)cc2F)C(C2CC2)=N3)cc1. The molecule has 5 nitrogen and oxygen atoms in total. The zero-order valence-corrected chi connectivity index (χ0v) is 15.8. The Kier molecular flexibility index (Phi) is 4.28. The largest absolute Gasteiger partial charge is 0.274 e. The quantitative estimate of drug-likeness (QED) is 0.665. The summed E-state index contributed by atoms with van der Waals surface area (Å²) in [6.45, 7) is 0. The minimum atomic E-state index is -0.630. The van der Waals surface area contributed by atoms with E-state index in [0.29, 0.717) is 34.6 Å². The minimum Gasteiger partial charge on any atom is -0.267 e. The summed E-state index contributed by atoms with van der Waals surface area (Å²) in [6, 6.07) is 13.8. The van der Waals surface area contributed by atoms with Crippen molar-refractivity contribution < 1.29 is 8.78 Å². The molecule has 0 saturated heterocycles. The van der Waals surface area contributed by atoms with Crippen molar-refractivity contribution >= 4 is 5.71 Å². The first-order valence-corrected chi connectivity index (χ1v) is 9.70. The highest BCUT2D eigenvalue weighted by atomic mass is 19.1. The van der Waals surface area contributed by atoms with Gasteiger partial charge in [0, 0.05) is 30.0 Å². The summed E-state index contributed by atoms with van der Waals surface area (Å²) >= 11 is 0. The highest BCUT2D eigenvalue weighted by molar-refractivity contribution is 5.95. The summed E-state index contributed by atoms with van der Waals surface area (Å²) in [6.07, 6.45) is 2.19. The van der Waals surface area contributed by atoms with Gasteiger partial charge in [-0.15, -0.1) is 0 Å². The van der Waals surface area contributed by atoms with E-state index in [4.69, 9.17) is 5.26 Å². The molecule has 30 heavy (non-hydrogen) atoms. The van der Waals surface area contributed by atoms with Crippen LogP contribution in [0.1, 0.15) is 35.7 Å². The van der Waals surface area contributed by atoms with Gasteiger partial charge in [-0.3, -0.25) is 4.79 Å². The third kappa shape index (κ3) is 3.20. The second kappa shape index (κ2) is 6.99. The van der Waals surface area contributed by atoms with Gasteiger partial charge in [-0.25, -0.2) is 13.8 Å². The lowest BCUT2D eigenvalue weighted by Crippen LogP contribution is -2.32. The van der Waals surface area contributed by atoms with Gasteiger partial charge in [-0.05, 0) is 42.5 Å². The molecular formula is C23H16F2N4O. The second-order valence-electron chi connectivity index (χ2n) is 7.62. The molecule has 2 aromatic carbocycles. The lowest BCUT2D eigenvalue weighted by molar-refractivity contribution is 0.555. The molecule has 3 aromatic rings. The van der Waals surface area contributed by atoms with E-state index < -0.39 is 11.6 Å². The van der Waals surface area contributed by atoms with Gasteiger partial charge in [0.2, 0.25) is 0 Å². The van der Waals surface area contributed by atoms with Crippen LogP contribution in [-0.4, -0.2) is 15.4 Å². The van der Waals surface area contributed by atoms with Crippen molar-refractivity contribution in [3.8, 4) is 17.3 Å². The summed E-state index contributed by atoms with van der Waals surface area (Å²) in [5.74, 6) is -0.999. The molecule has 0 amide bonds. The van der Waals surface area contributed by atoms with Crippen LogP contribution in [0.2, 0.25) is 0 Å². The Morgan fingerprint density at radius 3 is 2.50 bits per heavy atom. The molecule has 1 aliphatic heterocycles. The van der Waals surface area contributed by atoms with Gasteiger partial charge in [0.15, 0.2) is 0 Å². The van der Waals surface area contributed by atoms with Gasteiger partial charge in [0.05, 0.1) is 23.0 Å². The molecule has 7 heteroatoms. The highest BCUT2D eigenvalue weighted by Crippen LogP contribution is 2.40. The molecule has 1 atom stereocenters. The molecule has 1 unspecified atom stereocenters. The number of aromatic nitrogens is 2. The number of benzene rings is 2. The molecule has 148 valence electrons. The fourth-order valence-electron chi connectivity index (χ4n) is 3.90. The van der Waals surface area contributed by atoms with Gasteiger partial charge in [0.1, 0.15) is 17.5 Å². The zero-order chi connectivity index (χ0) is 20.8. The van der Waals surface area contributed by atoms with Crippen molar-refractivity contribution in [3.05, 3.63) is 87.5 Å². The molecule has 1 saturated carbocycles. The van der Waals surface area contributed by atoms with Crippen LogP contribution in [0.15, 0.2) is 58.4 Å². The molecule has 1 aliphatic carbocycles. The Balaban J connectivity index is 1.61. The van der Waals surface area contributed by atoms with Gasteiger partial charge in [0.25, 0.3) is 5.56 Å². The predicted molar refractivity (Wildman–Crippen MR) is 107 cm³/mol. The first-order valence-electron chi connectivity index (χ1n) is 9.70.